The monoisotopic (exact) mass is 246 g/mol. The smallest absolute Gasteiger partial charge is 0.195 e. The average molecular weight is 246 g/mol. The minimum Gasteiger partial charge on any atom is -0.297 e. The van der Waals surface area contributed by atoms with Crippen LogP contribution in [0.2, 0.25) is 0 Å². The van der Waals surface area contributed by atoms with Crippen LogP contribution in [-0.2, 0) is 0 Å². The van der Waals surface area contributed by atoms with E-state index >= 15 is 0 Å². The highest BCUT2D eigenvalue weighted by molar-refractivity contribution is 7.71. The summed E-state index contributed by atoms with van der Waals surface area (Å²) in [5.74, 6) is 0.935. The van der Waals surface area contributed by atoms with Crippen LogP contribution in [0.4, 0.5) is 0 Å². The summed E-state index contributed by atoms with van der Waals surface area (Å²) >= 11 is 5.34. The number of H-pyrrole nitrogens is 1. The Morgan fingerprint density at radius 3 is 2.65 bits per heavy atom. The molecule has 17 heavy (non-hydrogen) atoms. The van der Waals surface area contributed by atoms with Crippen molar-refractivity contribution in [2.45, 2.75) is 31.7 Å². The second kappa shape index (κ2) is 4.41. The van der Waals surface area contributed by atoms with Gasteiger partial charge in [0.25, 0.3) is 0 Å². The van der Waals surface area contributed by atoms with E-state index in [1.807, 2.05) is 12.1 Å². The summed E-state index contributed by atoms with van der Waals surface area (Å²) in [6, 6.07) is 4.44. The van der Waals surface area contributed by atoms with E-state index in [-0.39, 0.29) is 0 Å². The van der Waals surface area contributed by atoms with Crippen LogP contribution in [0.3, 0.4) is 0 Å². The minimum absolute atomic E-state index is 0.504. The van der Waals surface area contributed by atoms with E-state index in [1.165, 1.54) is 25.7 Å². The first kappa shape index (κ1) is 10.7. The molecule has 4 nitrogen and oxygen atoms in total. The molecule has 0 radical (unpaired) electrons. The van der Waals surface area contributed by atoms with Crippen LogP contribution in [0.25, 0.3) is 11.4 Å². The van der Waals surface area contributed by atoms with Gasteiger partial charge in [0.1, 0.15) is 0 Å². The third-order valence-corrected chi connectivity index (χ3v) is 3.62. The highest BCUT2D eigenvalue weighted by Gasteiger charge is 2.21. The van der Waals surface area contributed by atoms with Gasteiger partial charge in [0.15, 0.2) is 10.6 Å². The van der Waals surface area contributed by atoms with Gasteiger partial charge in [-0.1, -0.05) is 12.8 Å². The van der Waals surface area contributed by atoms with Gasteiger partial charge in [0.05, 0.1) is 0 Å². The molecule has 0 aliphatic heterocycles. The van der Waals surface area contributed by atoms with Crippen LogP contribution in [0.5, 0.6) is 0 Å². The van der Waals surface area contributed by atoms with Crippen molar-refractivity contribution in [2.24, 2.45) is 0 Å². The highest BCUT2D eigenvalue weighted by Crippen LogP contribution is 2.32. The molecule has 2 aromatic heterocycles. The van der Waals surface area contributed by atoms with Crippen molar-refractivity contribution >= 4 is 12.2 Å². The molecule has 0 spiro atoms. The van der Waals surface area contributed by atoms with E-state index in [0.29, 0.717) is 6.04 Å². The fourth-order valence-corrected chi connectivity index (χ4v) is 2.79. The molecule has 1 N–H and O–H groups in total. The van der Waals surface area contributed by atoms with Crippen LogP contribution < -0.4 is 0 Å². The third-order valence-electron chi connectivity index (χ3n) is 3.33. The second-order valence-corrected chi connectivity index (χ2v) is 4.78. The number of nitrogens with one attached hydrogen (secondary N) is 1. The van der Waals surface area contributed by atoms with E-state index in [1.54, 1.807) is 12.4 Å². The van der Waals surface area contributed by atoms with Gasteiger partial charge in [0, 0.05) is 24.0 Å². The zero-order valence-corrected chi connectivity index (χ0v) is 10.3. The number of pyridine rings is 1. The fraction of sp³-hybridized carbons (Fsp3) is 0.417. The first-order chi connectivity index (χ1) is 8.36. The SMILES string of the molecule is S=c1[nH]nc(-c2ccncc2)n1C1CCCC1. The summed E-state index contributed by atoms with van der Waals surface area (Å²) in [7, 11) is 0. The molecule has 1 aliphatic carbocycles. The Balaban J connectivity index is 2.09. The summed E-state index contributed by atoms with van der Waals surface area (Å²) in [5, 5.41) is 7.26. The lowest BCUT2D eigenvalue weighted by molar-refractivity contribution is 0.516. The third kappa shape index (κ3) is 1.91. The van der Waals surface area contributed by atoms with Crippen molar-refractivity contribution in [1.29, 1.82) is 0 Å². The molecule has 5 heteroatoms. The van der Waals surface area contributed by atoms with Crippen LogP contribution >= 0.6 is 12.2 Å². The second-order valence-electron chi connectivity index (χ2n) is 4.40. The van der Waals surface area contributed by atoms with Crippen molar-refractivity contribution in [3.63, 3.8) is 0 Å². The topological polar surface area (TPSA) is 46.5 Å². The molecule has 1 aliphatic rings. The van der Waals surface area contributed by atoms with Crippen LogP contribution in [-0.4, -0.2) is 19.7 Å². The summed E-state index contributed by atoms with van der Waals surface area (Å²) in [6.07, 6.45) is 8.54. The fourth-order valence-electron chi connectivity index (χ4n) is 2.51. The molecule has 0 saturated heterocycles. The molecule has 1 fully saturated rings. The zero-order valence-electron chi connectivity index (χ0n) is 9.47. The van der Waals surface area contributed by atoms with Crippen molar-refractivity contribution in [2.75, 3.05) is 0 Å². The Morgan fingerprint density at radius 1 is 1.24 bits per heavy atom. The number of hydrogen-bond donors (Lipinski definition) is 1. The normalized spacial score (nSPS) is 16.5. The summed E-state index contributed by atoms with van der Waals surface area (Å²) in [6.45, 7) is 0. The van der Waals surface area contributed by atoms with Crippen molar-refractivity contribution in [3.8, 4) is 11.4 Å². The molecule has 0 unspecified atom stereocenters. The molecular formula is C12H14N4S. The van der Waals surface area contributed by atoms with Crippen molar-refractivity contribution < 1.29 is 0 Å². The predicted molar refractivity (Wildman–Crippen MR) is 68.1 cm³/mol. The standard InChI is InChI=1S/C12H14N4S/c17-12-15-14-11(9-5-7-13-8-6-9)16(12)10-3-1-2-4-10/h5-8,10H,1-4H2,(H,15,17). The van der Waals surface area contributed by atoms with Crippen LogP contribution in [0.15, 0.2) is 24.5 Å². The molecule has 0 amide bonds. The zero-order chi connectivity index (χ0) is 11.7. The van der Waals surface area contributed by atoms with E-state index in [4.69, 9.17) is 12.2 Å². The lowest BCUT2D eigenvalue weighted by Gasteiger charge is -2.13. The maximum absolute atomic E-state index is 5.34. The molecule has 2 aromatic rings. The maximum Gasteiger partial charge on any atom is 0.195 e. The van der Waals surface area contributed by atoms with E-state index in [9.17, 15) is 0 Å². The van der Waals surface area contributed by atoms with Crippen LogP contribution in [0, 0.1) is 4.77 Å². The molecule has 88 valence electrons. The molecule has 0 aromatic carbocycles. The lowest BCUT2D eigenvalue weighted by Crippen LogP contribution is -2.06. The first-order valence-electron chi connectivity index (χ1n) is 5.93. The van der Waals surface area contributed by atoms with Crippen molar-refractivity contribution in [1.82, 2.24) is 19.7 Å². The van der Waals surface area contributed by atoms with Gasteiger partial charge in [-0.25, -0.2) is 0 Å². The van der Waals surface area contributed by atoms with Gasteiger partial charge in [-0.2, -0.15) is 5.10 Å². The lowest BCUT2D eigenvalue weighted by atomic mass is 10.2. The molecule has 1 saturated carbocycles. The number of aromatic nitrogens is 4. The van der Waals surface area contributed by atoms with Crippen molar-refractivity contribution in [3.05, 3.63) is 29.3 Å². The highest BCUT2D eigenvalue weighted by atomic mass is 32.1. The van der Waals surface area contributed by atoms with Gasteiger partial charge >= 0.3 is 0 Å². The first-order valence-corrected chi connectivity index (χ1v) is 6.34. The summed E-state index contributed by atoms with van der Waals surface area (Å²) in [4.78, 5) is 4.03. The van der Waals surface area contributed by atoms with E-state index in [0.717, 1.165) is 16.2 Å². The Hall–Kier alpha value is -1.49. The largest absolute Gasteiger partial charge is 0.297 e. The molecule has 3 rings (SSSR count). The average Bonchev–Trinajstić information content (AvgIpc) is 2.99. The Bertz CT molecular complexity index is 551. The van der Waals surface area contributed by atoms with E-state index in [2.05, 4.69) is 19.7 Å². The molecular weight excluding hydrogens is 232 g/mol. The van der Waals surface area contributed by atoms with Gasteiger partial charge in [-0.15, -0.1) is 0 Å². The van der Waals surface area contributed by atoms with Crippen LogP contribution in [0.1, 0.15) is 31.7 Å². The van der Waals surface area contributed by atoms with Gasteiger partial charge in [-0.3, -0.25) is 14.6 Å². The summed E-state index contributed by atoms with van der Waals surface area (Å²) in [5.41, 5.74) is 1.07. The van der Waals surface area contributed by atoms with Gasteiger partial charge in [-0.05, 0) is 37.2 Å². The molecule has 0 bridgehead atoms. The number of aromatic amines is 1. The number of hydrogen-bond acceptors (Lipinski definition) is 3. The molecule has 0 atom stereocenters. The van der Waals surface area contributed by atoms with Gasteiger partial charge in [0.2, 0.25) is 0 Å². The summed E-state index contributed by atoms with van der Waals surface area (Å²) < 4.78 is 2.89. The Labute approximate surface area is 105 Å². The molecule has 2 heterocycles. The number of rotatable bonds is 2. The van der Waals surface area contributed by atoms with E-state index < -0.39 is 0 Å². The Kier molecular flexibility index (Phi) is 2.76. The van der Waals surface area contributed by atoms with Gasteiger partial charge < -0.3 is 0 Å². The predicted octanol–water partition coefficient (Wildman–Crippen LogP) is 3.12. The quantitative estimate of drug-likeness (QED) is 0.828. The maximum atomic E-state index is 5.34. The number of nitrogens with zero attached hydrogens (tertiary/aromatic N) is 3. The minimum atomic E-state index is 0.504. The Morgan fingerprint density at radius 2 is 1.94 bits per heavy atom.